The first kappa shape index (κ1) is 17.5. The molecule has 2 N–H and O–H groups in total. The maximum absolute atomic E-state index is 13.9. The van der Waals surface area contributed by atoms with Crippen LogP contribution in [0.4, 0.5) is 14.9 Å². The molecule has 0 spiro atoms. The topological polar surface area (TPSA) is 87.5 Å². The van der Waals surface area contributed by atoms with E-state index in [-0.39, 0.29) is 12.2 Å². The summed E-state index contributed by atoms with van der Waals surface area (Å²) in [5.41, 5.74) is 1.27. The minimum Gasteiger partial charge on any atom is -0.481 e. The number of halogens is 1. The lowest BCUT2D eigenvalue weighted by Crippen LogP contribution is -2.36. The van der Waals surface area contributed by atoms with Crippen molar-refractivity contribution in [3.05, 3.63) is 42.0 Å². The van der Waals surface area contributed by atoms with E-state index in [4.69, 9.17) is 5.11 Å². The lowest BCUT2D eigenvalue weighted by molar-refractivity contribution is -0.141. The van der Waals surface area contributed by atoms with E-state index >= 15 is 0 Å². The van der Waals surface area contributed by atoms with Gasteiger partial charge in [0.25, 0.3) is 0 Å². The molecule has 7 nitrogen and oxygen atoms in total. The van der Waals surface area contributed by atoms with E-state index in [0.717, 1.165) is 0 Å². The van der Waals surface area contributed by atoms with Crippen LogP contribution >= 0.6 is 0 Å². The van der Waals surface area contributed by atoms with Gasteiger partial charge in [-0.2, -0.15) is 5.10 Å². The van der Waals surface area contributed by atoms with Gasteiger partial charge in [-0.25, -0.2) is 13.9 Å². The number of hydrogen-bond acceptors (Lipinski definition) is 3. The van der Waals surface area contributed by atoms with Crippen LogP contribution in [0.1, 0.15) is 12.6 Å². The van der Waals surface area contributed by atoms with Crippen LogP contribution < -0.4 is 5.32 Å². The van der Waals surface area contributed by atoms with Crippen molar-refractivity contribution in [1.82, 2.24) is 14.7 Å². The average Bonchev–Trinajstić information content (AvgIpc) is 2.88. The van der Waals surface area contributed by atoms with E-state index in [2.05, 4.69) is 10.4 Å². The first-order chi connectivity index (χ1) is 11.3. The smallest absolute Gasteiger partial charge is 0.321 e. The highest BCUT2D eigenvalue weighted by atomic mass is 19.1. The molecular weight excluding hydrogens is 315 g/mol. The van der Waals surface area contributed by atoms with Crippen molar-refractivity contribution in [2.24, 2.45) is 5.92 Å². The van der Waals surface area contributed by atoms with Crippen LogP contribution in [-0.2, 0) is 4.79 Å². The van der Waals surface area contributed by atoms with Crippen LogP contribution in [0.5, 0.6) is 0 Å². The molecule has 1 aromatic heterocycles. The van der Waals surface area contributed by atoms with E-state index in [9.17, 15) is 14.0 Å². The van der Waals surface area contributed by atoms with Crippen molar-refractivity contribution in [3.63, 3.8) is 0 Å². The summed E-state index contributed by atoms with van der Waals surface area (Å²) in [6.45, 7) is 3.30. The summed E-state index contributed by atoms with van der Waals surface area (Å²) < 4.78 is 15.3. The zero-order valence-electron chi connectivity index (χ0n) is 13.7. The normalized spacial score (nSPS) is 11.8. The van der Waals surface area contributed by atoms with Gasteiger partial charge in [-0.05, 0) is 19.1 Å². The number of nitrogens with one attached hydrogen (secondary N) is 1. The number of aromatic nitrogens is 2. The van der Waals surface area contributed by atoms with E-state index in [1.54, 1.807) is 25.1 Å². The van der Waals surface area contributed by atoms with Crippen LogP contribution in [0.15, 0.2) is 30.5 Å². The number of anilines is 1. The van der Waals surface area contributed by atoms with Crippen molar-refractivity contribution in [2.45, 2.75) is 13.8 Å². The number of amides is 2. The number of benzene rings is 1. The van der Waals surface area contributed by atoms with Gasteiger partial charge < -0.3 is 15.3 Å². The summed E-state index contributed by atoms with van der Waals surface area (Å²) in [6.07, 6.45) is 1.42. The summed E-state index contributed by atoms with van der Waals surface area (Å²) in [4.78, 5) is 24.3. The number of para-hydroxylation sites is 1. The molecule has 0 saturated heterocycles. The highest BCUT2D eigenvalue weighted by Gasteiger charge is 2.19. The zero-order valence-corrected chi connectivity index (χ0v) is 13.7. The Morgan fingerprint density at radius 1 is 1.42 bits per heavy atom. The second-order valence-electron chi connectivity index (χ2n) is 5.56. The van der Waals surface area contributed by atoms with Gasteiger partial charge in [0, 0.05) is 13.6 Å². The summed E-state index contributed by atoms with van der Waals surface area (Å²) in [7, 11) is 1.51. The summed E-state index contributed by atoms with van der Waals surface area (Å²) in [5, 5.41) is 15.6. The first-order valence-corrected chi connectivity index (χ1v) is 7.35. The third-order valence-electron chi connectivity index (χ3n) is 3.65. The Morgan fingerprint density at radius 3 is 2.71 bits per heavy atom. The molecule has 1 atom stereocenters. The molecule has 24 heavy (non-hydrogen) atoms. The minimum absolute atomic E-state index is 0.0711. The number of urea groups is 1. The Morgan fingerprint density at radius 2 is 2.08 bits per heavy atom. The Labute approximate surface area is 138 Å². The van der Waals surface area contributed by atoms with Gasteiger partial charge in [-0.1, -0.05) is 19.1 Å². The number of aliphatic carboxylic acids is 1. The van der Waals surface area contributed by atoms with Gasteiger partial charge in [-0.3, -0.25) is 4.79 Å². The number of hydrogen-bond donors (Lipinski definition) is 2. The third-order valence-corrected chi connectivity index (χ3v) is 3.65. The number of carboxylic acids is 1. The molecule has 2 amide bonds. The van der Waals surface area contributed by atoms with Gasteiger partial charge in [0.15, 0.2) is 0 Å². The molecule has 0 radical (unpaired) electrons. The Hall–Kier alpha value is -2.90. The number of nitrogens with zero attached hydrogens (tertiary/aromatic N) is 3. The molecule has 8 heteroatoms. The number of rotatable bonds is 5. The fourth-order valence-corrected chi connectivity index (χ4v) is 2.18. The first-order valence-electron chi connectivity index (χ1n) is 7.35. The number of carbonyl (C=O) groups excluding carboxylic acids is 1. The predicted molar refractivity (Wildman–Crippen MR) is 86.7 cm³/mol. The van der Waals surface area contributed by atoms with Crippen LogP contribution in [0.3, 0.4) is 0 Å². The van der Waals surface area contributed by atoms with E-state index in [1.165, 1.54) is 35.8 Å². The molecule has 0 saturated carbocycles. The van der Waals surface area contributed by atoms with Crippen LogP contribution in [0, 0.1) is 18.7 Å². The molecule has 1 aromatic carbocycles. The largest absolute Gasteiger partial charge is 0.481 e. The molecule has 0 fully saturated rings. The Balaban J connectivity index is 2.13. The minimum atomic E-state index is -0.974. The Kier molecular flexibility index (Phi) is 5.18. The predicted octanol–water partition coefficient (Wildman–Crippen LogP) is 2.50. The monoisotopic (exact) mass is 334 g/mol. The van der Waals surface area contributed by atoms with E-state index in [0.29, 0.717) is 11.4 Å². The van der Waals surface area contributed by atoms with Gasteiger partial charge >= 0.3 is 12.0 Å². The van der Waals surface area contributed by atoms with Gasteiger partial charge in [-0.15, -0.1) is 0 Å². The van der Waals surface area contributed by atoms with Crippen LogP contribution in [-0.4, -0.2) is 45.4 Å². The molecule has 0 aliphatic carbocycles. The molecular formula is C16H19FN4O3. The Bertz CT molecular complexity index is 760. The van der Waals surface area contributed by atoms with Crippen LogP contribution in [0.25, 0.3) is 5.69 Å². The molecule has 0 bridgehead atoms. The lowest BCUT2D eigenvalue weighted by atomic mass is 10.2. The molecule has 0 aliphatic heterocycles. The van der Waals surface area contributed by atoms with E-state index < -0.39 is 23.7 Å². The fraction of sp³-hybridized carbons (Fsp3) is 0.312. The summed E-state index contributed by atoms with van der Waals surface area (Å²) in [6, 6.07) is 5.73. The maximum Gasteiger partial charge on any atom is 0.321 e. The second kappa shape index (κ2) is 7.12. The van der Waals surface area contributed by atoms with E-state index in [1.807, 2.05) is 0 Å². The third kappa shape index (κ3) is 3.70. The zero-order chi connectivity index (χ0) is 17.9. The second-order valence-corrected chi connectivity index (χ2v) is 5.56. The SMILES string of the molecule is Cc1c(NC(=O)N(C)CC(C)C(=O)O)cnn1-c1ccccc1F. The summed E-state index contributed by atoms with van der Waals surface area (Å²) in [5.74, 6) is -2.07. The molecule has 0 aliphatic rings. The fourth-order valence-electron chi connectivity index (χ4n) is 2.18. The van der Waals surface area contributed by atoms with Gasteiger partial charge in [0.05, 0.1) is 23.5 Å². The molecule has 1 heterocycles. The molecule has 2 rings (SSSR count). The highest BCUT2D eigenvalue weighted by molar-refractivity contribution is 5.90. The van der Waals surface area contributed by atoms with Crippen molar-refractivity contribution in [3.8, 4) is 5.69 Å². The van der Waals surface area contributed by atoms with Gasteiger partial charge in [0.2, 0.25) is 0 Å². The van der Waals surface area contributed by atoms with Crippen molar-refractivity contribution >= 4 is 17.7 Å². The van der Waals surface area contributed by atoms with Crippen molar-refractivity contribution in [2.75, 3.05) is 18.9 Å². The quantitative estimate of drug-likeness (QED) is 0.879. The maximum atomic E-state index is 13.9. The average molecular weight is 334 g/mol. The molecule has 1 unspecified atom stereocenters. The van der Waals surface area contributed by atoms with Crippen molar-refractivity contribution < 1.29 is 19.1 Å². The lowest BCUT2D eigenvalue weighted by Gasteiger charge is -2.19. The molecule has 128 valence electrons. The molecule has 2 aromatic rings. The number of carboxylic acid groups (broad SMARTS) is 1. The van der Waals surface area contributed by atoms with Gasteiger partial charge in [0.1, 0.15) is 11.5 Å². The van der Waals surface area contributed by atoms with Crippen LogP contribution in [0.2, 0.25) is 0 Å². The standard InChI is InChI=1S/C16H19FN4O3/c1-10(15(22)23)9-20(3)16(24)19-13-8-18-21(11(13)2)14-7-5-4-6-12(14)17/h4-8,10H,9H2,1-3H3,(H,19,24)(H,22,23). The van der Waals surface area contributed by atoms with Crippen molar-refractivity contribution in [1.29, 1.82) is 0 Å². The summed E-state index contributed by atoms with van der Waals surface area (Å²) >= 11 is 0. The highest BCUT2D eigenvalue weighted by Crippen LogP contribution is 2.20. The number of carbonyl (C=O) groups is 2.